The van der Waals surface area contributed by atoms with Crippen molar-refractivity contribution in [3.8, 4) is 11.4 Å². The summed E-state index contributed by atoms with van der Waals surface area (Å²) >= 11 is 0. The van der Waals surface area contributed by atoms with E-state index >= 15 is 0 Å². The Hall–Kier alpha value is -4.08. The fourth-order valence-electron chi connectivity index (χ4n) is 3.60. The Balaban J connectivity index is 1.44. The number of benzene rings is 2. The number of nitrogens with zero attached hydrogens (tertiary/aromatic N) is 2. The number of carbonyl (C=O) groups excluding carboxylic acids is 1. The monoisotopic (exact) mass is 468 g/mol. The van der Waals surface area contributed by atoms with E-state index in [9.17, 15) is 18.0 Å². The molecule has 0 aromatic heterocycles. The minimum atomic E-state index is -3.20. The van der Waals surface area contributed by atoms with Gasteiger partial charge in [0.15, 0.2) is 0 Å². The van der Waals surface area contributed by atoms with E-state index in [4.69, 9.17) is 0 Å². The summed E-state index contributed by atoms with van der Waals surface area (Å²) < 4.78 is 38.8. The Kier molecular flexibility index (Phi) is 6.67. The maximum Gasteiger partial charge on any atom is 0.287 e. The molecule has 0 fully saturated rings. The maximum absolute atomic E-state index is 13.5. The first kappa shape index (κ1) is 23.1. The van der Waals surface area contributed by atoms with Crippen LogP contribution in [-0.4, -0.2) is 33.6 Å². The van der Waals surface area contributed by atoms with Gasteiger partial charge in [-0.3, -0.25) is 4.79 Å². The summed E-state index contributed by atoms with van der Waals surface area (Å²) in [7, 11) is 0. The Labute approximate surface area is 194 Å². The normalized spacial score (nSPS) is 12.1. The van der Waals surface area contributed by atoms with Crippen molar-refractivity contribution >= 4 is 23.4 Å². The minimum Gasteiger partial charge on any atom is -0.348 e. The molecule has 0 aliphatic carbocycles. The number of hydrogen-bond acceptors (Lipinski definition) is 5. The second-order valence-corrected chi connectivity index (χ2v) is 7.90. The molecule has 10 heteroatoms. The van der Waals surface area contributed by atoms with Crippen molar-refractivity contribution in [2.24, 2.45) is 0 Å². The highest BCUT2D eigenvalue weighted by molar-refractivity contribution is 5.94. The lowest BCUT2D eigenvalue weighted by molar-refractivity contribution is 0.0649. The highest BCUT2D eigenvalue weighted by atomic mass is 19.3. The minimum absolute atomic E-state index is 0.0658. The van der Waals surface area contributed by atoms with Crippen molar-refractivity contribution in [3.63, 3.8) is 0 Å². The van der Waals surface area contributed by atoms with Crippen molar-refractivity contribution in [3.05, 3.63) is 77.0 Å². The number of nitrogens with one attached hydrogen (secondary N) is 4. The quantitative estimate of drug-likeness (QED) is 0.268. The molecule has 2 aromatic rings. The number of rotatable bonds is 8. The maximum atomic E-state index is 13.5. The summed E-state index contributed by atoms with van der Waals surface area (Å²) in [5.41, 5.74) is 4.72. The molecule has 176 valence electrons. The standard InChI is InChI=1S/C24H23F3N6O/c1-13-9-14(2)11-15(10-13)12-29-23(34)16-3-5-17(6-4-16)30-24-32-21-18(7-8-28-21)22(33-24)31-20(27)19(25)26/h3-11,19-20H,12H2,1-2H3,(H,29,34)(H3,28,30,31,32,33). The summed E-state index contributed by atoms with van der Waals surface area (Å²) in [6, 6.07) is 14.3. The Morgan fingerprint density at radius 1 is 1.03 bits per heavy atom. The van der Waals surface area contributed by atoms with Crippen LogP contribution in [0.4, 0.5) is 30.6 Å². The van der Waals surface area contributed by atoms with Gasteiger partial charge in [-0.1, -0.05) is 29.3 Å². The summed E-state index contributed by atoms with van der Waals surface area (Å²) in [6.45, 7) is 4.43. The molecule has 4 rings (SSSR count). The van der Waals surface area contributed by atoms with Gasteiger partial charge >= 0.3 is 0 Å². The van der Waals surface area contributed by atoms with Gasteiger partial charge in [0.25, 0.3) is 12.3 Å². The van der Waals surface area contributed by atoms with Crippen LogP contribution in [0.3, 0.4) is 0 Å². The highest BCUT2D eigenvalue weighted by Gasteiger charge is 2.23. The predicted octanol–water partition coefficient (Wildman–Crippen LogP) is 5.17. The predicted molar refractivity (Wildman–Crippen MR) is 124 cm³/mol. The number of alkyl halides is 3. The number of aromatic nitrogens is 3. The van der Waals surface area contributed by atoms with E-state index in [0.717, 1.165) is 16.7 Å². The van der Waals surface area contributed by atoms with E-state index in [-0.39, 0.29) is 17.7 Å². The fourth-order valence-corrected chi connectivity index (χ4v) is 3.60. The second-order valence-electron chi connectivity index (χ2n) is 7.90. The van der Waals surface area contributed by atoms with Gasteiger partial charge in [0.1, 0.15) is 11.6 Å². The molecule has 34 heavy (non-hydrogen) atoms. The van der Waals surface area contributed by atoms with Gasteiger partial charge in [-0.25, -0.2) is 18.2 Å². The van der Waals surface area contributed by atoms with Crippen LogP contribution >= 0.6 is 0 Å². The molecule has 4 N–H and O–H groups in total. The number of aryl methyl sites for hydroxylation is 2. The van der Waals surface area contributed by atoms with Crippen molar-refractivity contribution in [1.82, 2.24) is 20.3 Å². The second kappa shape index (κ2) is 9.82. The fraction of sp³-hybridized carbons (Fsp3) is 0.208. The Morgan fingerprint density at radius 2 is 1.74 bits per heavy atom. The molecular formula is C24H23F3N6O. The molecule has 0 saturated heterocycles. The van der Waals surface area contributed by atoms with Crippen LogP contribution in [0.1, 0.15) is 27.0 Å². The van der Waals surface area contributed by atoms with E-state index in [1.54, 1.807) is 24.3 Å². The van der Waals surface area contributed by atoms with Crippen molar-refractivity contribution < 1.29 is 18.0 Å². The summed E-state index contributed by atoms with van der Waals surface area (Å²) in [5, 5.41) is 7.95. The van der Waals surface area contributed by atoms with Gasteiger partial charge in [-0.2, -0.15) is 4.98 Å². The number of halogens is 3. The van der Waals surface area contributed by atoms with Crippen molar-refractivity contribution in [1.29, 1.82) is 0 Å². The Morgan fingerprint density at radius 3 is 2.41 bits per heavy atom. The molecule has 7 nitrogen and oxygen atoms in total. The van der Waals surface area contributed by atoms with E-state index in [2.05, 4.69) is 37.0 Å². The molecule has 0 saturated carbocycles. The number of aromatic amines is 1. The van der Waals surface area contributed by atoms with Crippen LogP contribution in [0.2, 0.25) is 0 Å². The zero-order valence-electron chi connectivity index (χ0n) is 18.5. The lowest BCUT2D eigenvalue weighted by atomic mass is 10.1. The molecule has 0 bridgehead atoms. The topological polar surface area (TPSA) is 94.7 Å². The molecular weight excluding hydrogens is 445 g/mol. The van der Waals surface area contributed by atoms with Crippen molar-refractivity contribution in [2.45, 2.75) is 33.1 Å². The summed E-state index contributed by atoms with van der Waals surface area (Å²) in [4.78, 5) is 23.7. The van der Waals surface area contributed by atoms with E-state index in [0.29, 0.717) is 29.2 Å². The van der Waals surface area contributed by atoms with E-state index in [1.807, 2.05) is 26.0 Å². The average molecular weight is 468 g/mol. The molecule has 2 aliphatic rings. The zero-order chi connectivity index (χ0) is 24.2. The zero-order valence-corrected chi connectivity index (χ0v) is 18.5. The van der Waals surface area contributed by atoms with Crippen LogP contribution in [0, 0.1) is 13.8 Å². The number of anilines is 3. The Bertz CT molecular complexity index is 1240. The lowest BCUT2D eigenvalue weighted by Crippen LogP contribution is -2.23. The summed E-state index contributed by atoms with van der Waals surface area (Å²) in [6.07, 6.45) is -4.31. The molecule has 0 radical (unpaired) electrons. The van der Waals surface area contributed by atoms with Gasteiger partial charge in [0, 0.05) is 24.0 Å². The number of fused-ring (bicyclic) bond motifs is 1. The SMILES string of the molecule is Cc1cc(C)cc(CNC(=O)c2ccc(Nc3nc(NC(F)C(F)F)c4ccnc-4[nH]3)cc2)c1. The number of carbonyl (C=O) groups is 1. The smallest absolute Gasteiger partial charge is 0.287 e. The molecule has 1 amide bonds. The first-order valence-electron chi connectivity index (χ1n) is 10.5. The molecule has 1 atom stereocenters. The van der Waals surface area contributed by atoms with Gasteiger partial charge in [-0.05, 0) is 49.7 Å². The number of amides is 1. The van der Waals surface area contributed by atoms with E-state index < -0.39 is 12.7 Å². The van der Waals surface area contributed by atoms with Crippen LogP contribution < -0.4 is 16.0 Å². The third-order valence-corrected chi connectivity index (χ3v) is 5.06. The first-order valence-corrected chi connectivity index (χ1v) is 10.5. The van der Waals surface area contributed by atoms with Crippen LogP contribution in [0.5, 0.6) is 0 Å². The molecule has 1 unspecified atom stereocenters. The molecule has 0 spiro atoms. The van der Waals surface area contributed by atoms with Gasteiger partial charge in [-0.15, -0.1) is 0 Å². The van der Waals surface area contributed by atoms with Crippen LogP contribution in [0.25, 0.3) is 11.4 Å². The number of H-pyrrole nitrogens is 1. The first-order chi connectivity index (χ1) is 16.3. The average Bonchev–Trinajstić information content (AvgIpc) is 3.26. The van der Waals surface area contributed by atoms with Crippen LogP contribution in [-0.2, 0) is 6.54 Å². The van der Waals surface area contributed by atoms with Crippen molar-refractivity contribution in [2.75, 3.05) is 10.6 Å². The third-order valence-electron chi connectivity index (χ3n) is 5.06. The molecule has 2 heterocycles. The van der Waals surface area contributed by atoms with Gasteiger partial charge in [0.05, 0.1) is 5.56 Å². The lowest BCUT2D eigenvalue weighted by Gasteiger charge is -2.15. The summed E-state index contributed by atoms with van der Waals surface area (Å²) in [5.74, 6) is 0.236. The van der Waals surface area contributed by atoms with Gasteiger partial charge in [0.2, 0.25) is 12.2 Å². The van der Waals surface area contributed by atoms with E-state index in [1.165, 1.54) is 12.3 Å². The molecule has 2 aromatic carbocycles. The van der Waals surface area contributed by atoms with Gasteiger partial charge < -0.3 is 20.9 Å². The third kappa shape index (κ3) is 5.45. The highest BCUT2D eigenvalue weighted by Crippen LogP contribution is 2.29. The van der Waals surface area contributed by atoms with Crippen LogP contribution in [0.15, 0.2) is 54.7 Å². The largest absolute Gasteiger partial charge is 0.348 e. The molecule has 2 aliphatic heterocycles. The number of hydrogen-bond donors (Lipinski definition) is 4.